The molecule has 110 valence electrons. The Bertz CT molecular complexity index is 313. The molecule has 1 saturated carbocycles. The van der Waals surface area contributed by atoms with E-state index in [-0.39, 0.29) is 5.54 Å². The molecule has 0 aromatic heterocycles. The van der Waals surface area contributed by atoms with Gasteiger partial charge in [0.2, 0.25) is 0 Å². The van der Waals surface area contributed by atoms with Gasteiger partial charge in [0.1, 0.15) is 5.54 Å². The van der Waals surface area contributed by atoms with Gasteiger partial charge >= 0.3 is 0 Å². The molecule has 1 aliphatic carbocycles. The van der Waals surface area contributed by atoms with Crippen molar-refractivity contribution >= 4 is 0 Å². The highest BCUT2D eigenvalue weighted by Gasteiger charge is 2.38. The second-order valence-corrected chi connectivity index (χ2v) is 6.21. The molecule has 0 aliphatic heterocycles. The Hall–Kier alpha value is -0.630. The van der Waals surface area contributed by atoms with E-state index in [1.807, 2.05) is 0 Å². The third kappa shape index (κ3) is 4.45. The fourth-order valence-electron chi connectivity index (χ4n) is 3.13. The SMILES string of the molecule is COCC(C)N(C)C1CCCC(C#N)(NC(C)C)C1. The molecule has 0 bridgehead atoms. The molecule has 19 heavy (non-hydrogen) atoms. The average molecular weight is 267 g/mol. The predicted octanol–water partition coefficient (Wildman–Crippen LogP) is 2.16. The molecule has 0 spiro atoms. The van der Waals surface area contributed by atoms with Crippen molar-refractivity contribution in [3.63, 3.8) is 0 Å². The summed E-state index contributed by atoms with van der Waals surface area (Å²) in [6.45, 7) is 7.14. The largest absolute Gasteiger partial charge is 0.383 e. The third-order valence-electron chi connectivity index (χ3n) is 4.18. The van der Waals surface area contributed by atoms with Gasteiger partial charge in [-0.05, 0) is 53.5 Å². The summed E-state index contributed by atoms with van der Waals surface area (Å²) in [7, 11) is 3.89. The number of methoxy groups -OCH3 is 1. The van der Waals surface area contributed by atoms with Crippen molar-refractivity contribution in [3.05, 3.63) is 0 Å². The van der Waals surface area contributed by atoms with Gasteiger partial charge in [0.25, 0.3) is 0 Å². The van der Waals surface area contributed by atoms with E-state index in [0.717, 1.165) is 25.9 Å². The van der Waals surface area contributed by atoms with Crippen LogP contribution in [0.2, 0.25) is 0 Å². The molecular formula is C15H29N3O. The second-order valence-electron chi connectivity index (χ2n) is 6.21. The molecular weight excluding hydrogens is 238 g/mol. The summed E-state index contributed by atoms with van der Waals surface area (Å²) in [5, 5.41) is 13.1. The minimum Gasteiger partial charge on any atom is -0.383 e. The predicted molar refractivity (Wildman–Crippen MR) is 78.0 cm³/mol. The smallest absolute Gasteiger partial charge is 0.108 e. The van der Waals surface area contributed by atoms with E-state index < -0.39 is 0 Å². The van der Waals surface area contributed by atoms with Crippen LogP contribution in [0.1, 0.15) is 46.5 Å². The van der Waals surface area contributed by atoms with Crippen LogP contribution in [0.3, 0.4) is 0 Å². The van der Waals surface area contributed by atoms with Crippen molar-refractivity contribution in [3.8, 4) is 6.07 Å². The Morgan fingerprint density at radius 3 is 2.68 bits per heavy atom. The first-order valence-electron chi connectivity index (χ1n) is 7.34. The molecule has 0 aromatic carbocycles. The summed E-state index contributed by atoms with van der Waals surface area (Å²) >= 11 is 0. The Kier molecular flexibility index (Phi) is 6.25. The molecule has 0 heterocycles. The van der Waals surface area contributed by atoms with Gasteiger partial charge in [0, 0.05) is 25.2 Å². The molecule has 1 aliphatic rings. The van der Waals surface area contributed by atoms with E-state index >= 15 is 0 Å². The Morgan fingerprint density at radius 2 is 2.16 bits per heavy atom. The molecule has 0 aromatic rings. The van der Waals surface area contributed by atoms with Gasteiger partial charge in [-0.3, -0.25) is 10.2 Å². The van der Waals surface area contributed by atoms with Crippen molar-refractivity contribution < 1.29 is 4.74 Å². The zero-order valence-electron chi connectivity index (χ0n) is 13.1. The molecule has 3 unspecified atom stereocenters. The second kappa shape index (κ2) is 7.23. The zero-order valence-corrected chi connectivity index (χ0v) is 13.1. The average Bonchev–Trinajstić information content (AvgIpc) is 2.37. The molecule has 1 N–H and O–H groups in total. The van der Waals surface area contributed by atoms with Gasteiger partial charge in [-0.15, -0.1) is 0 Å². The molecule has 0 amide bonds. The van der Waals surface area contributed by atoms with Crippen LogP contribution in [-0.2, 0) is 4.74 Å². The van der Waals surface area contributed by atoms with E-state index in [2.05, 4.69) is 44.1 Å². The van der Waals surface area contributed by atoms with E-state index in [9.17, 15) is 5.26 Å². The Labute approximate surface area is 118 Å². The normalized spacial score (nSPS) is 29.5. The lowest BCUT2D eigenvalue weighted by molar-refractivity contribution is 0.0606. The molecule has 1 rings (SSSR count). The Balaban J connectivity index is 2.70. The standard InChI is InChI=1S/C15H29N3O/c1-12(2)17-15(11-16)8-6-7-14(9-15)18(4)13(3)10-19-5/h12-14,17H,6-10H2,1-5H3. The van der Waals surface area contributed by atoms with Crippen LogP contribution in [0.25, 0.3) is 0 Å². The highest BCUT2D eigenvalue weighted by molar-refractivity contribution is 5.11. The van der Waals surface area contributed by atoms with Crippen LogP contribution >= 0.6 is 0 Å². The van der Waals surface area contributed by atoms with Crippen molar-refractivity contribution in [2.24, 2.45) is 0 Å². The van der Waals surface area contributed by atoms with Crippen molar-refractivity contribution in [2.75, 3.05) is 20.8 Å². The maximum atomic E-state index is 9.58. The molecule has 0 radical (unpaired) electrons. The van der Waals surface area contributed by atoms with Crippen LogP contribution in [0.5, 0.6) is 0 Å². The minimum absolute atomic E-state index is 0.347. The van der Waals surface area contributed by atoms with Gasteiger partial charge in [0.05, 0.1) is 12.7 Å². The highest BCUT2D eigenvalue weighted by atomic mass is 16.5. The molecule has 0 saturated heterocycles. The number of hydrogen-bond donors (Lipinski definition) is 1. The lowest BCUT2D eigenvalue weighted by atomic mass is 9.78. The third-order valence-corrected chi connectivity index (χ3v) is 4.18. The fourth-order valence-corrected chi connectivity index (χ4v) is 3.13. The summed E-state index contributed by atoms with van der Waals surface area (Å²) in [5.74, 6) is 0. The number of nitrogens with zero attached hydrogens (tertiary/aromatic N) is 2. The van der Waals surface area contributed by atoms with Gasteiger partial charge < -0.3 is 4.74 Å². The quantitative estimate of drug-likeness (QED) is 0.801. The number of hydrogen-bond acceptors (Lipinski definition) is 4. The van der Waals surface area contributed by atoms with Crippen LogP contribution in [0, 0.1) is 11.3 Å². The van der Waals surface area contributed by atoms with Crippen LogP contribution in [0.15, 0.2) is 0 Å². The minimum atomic E-state index is -0.349. The molecule has 3 atom stereocenters. The summed E-state index contributed by atoms with van der Waals surface area (Å²) in [6.07, 6.45) is 4.16. The maximum absolute atomic E-state index is 9.58. The summed E-state index contributed by atoms with van der Waals surface area (Å²) in [4.78, 5) is 2.37. The first kappa shape index (κ1) is 16.4. The lowest BCUT2D eigenvalue weighted by Gasteiger charge is -2.43. The molecule has 1 fully saturated rings. The first-order chi connectivity index (χ1) is 8.94. The monoisotopic (exact) mass is 267 g/mol. The topological polar surface area (TPSA) is 48.3 Å². The lowest BCUT2D eigenvalue weighted by Crippen LogP contribution is -2.55. The molecule has 4 nitrogen and oxygen atoms in total. The Morgan fingerprint density at radius 1 is 1.47 bits per heavy atom. The fraction of sp³-hybridized carbons (Fsp3) is 0.933. The van der Waals surface area contributed by atoms with E-state index in [0.29, 0.717) is 18.1 Å². The number of ether oxygens (including phenoxy) is 1. The first-order valence-corrected chi connectivity index (χ1v) is 7.34. The number of rotatable bonds is 6. The van der Waals surface area contributed by atoms with Crippen LogP contribution in [0.4, 0.5) is 0 Å². The van der Waals surface area contributed by atoms with E-state index in [4.69, 9.17) is 4.74 Å². The number of likely N-dealkylation sites (N-methyl/N-ethyl adjacent to an activating group) is 1. The summed E-state index contributed by atoms with van der Waals surface area (Å²) < 4.78 is 5.24. The maximum Gasteiger partial charge on any atom is 0.108 e. The number of nitriles is 1. The summed E-state index contributed by atoms with van der Waals surface area (Å²) in [5.41, 5.74) is -0.349. The number of nitrogens with one attached hydrogen (secondary N) is 1. The van der Waals surface area contributed by atoms with Gasteiger partial charge in [-0.2, -0.15) is 5.26 Å². The highest BCUT2D eigenvalue weighted by Crippen LogP contribution is 2.31. The van der Waals surface area contributed by atoms with Crippen molar-refractivity contribution in [2.45, 2.75) is 70.1 Å². The van der Waals surface area contributed by atoms with E-state index in [1.54, 1.807) is 7.11 Å². The molecule has 4 heteroatoms. The van der Waals surface area contributed by atoms with Gasteiger partial charge in [-0.25, -0.2) is 0 Å². The van der Waals surface area contributed by atoms with E-state index in [1.165, 1.54) is 6.42 Å². The van der Waals surface area contributed by atoms with Crippen LogP contribution in [-0.4, -0.2) is 49.3 Å². The van der Waals surface area contributed by atoms with Gasteiger partial charge in [-0.1, -0.05) is 0 Å². The van der Waals surface area contributed by atoms with Crippen molar-refractivity contribution in [1.82, 2.24) is 10.2 Å². The summed E-state index contributed by atoms with van der Waals surface area (Å²) in [6, 6.07) is 3.74. The van der Waals surface area contributed by atoms with Gasteiger partial charge in [0.15, 0.2) is 0 Å². The van der Waals surface area contributed by atoms with Crippen LogP contribution < -0.4 is 5.32 Å². The van der Waals surface area contributed by atoms with Crippen molar-refractivity contribution in [1.29, 1.82) is 5.26 Å². The zero-order chi connectivity index (χ0) is 14.5.